The van der Waals surface area contributed by atoms with E-state index in [0.29, 0.717) is 23.7 Å². The highest BCUT2D eigenvalue weighted by Gasteiger charge is 2.32. The van der Waals surface area contributed by atoms with E-state index in [1.807, 2.05) is 0 Å². The van der Waals surface area contributed by atoms with Crippen molar-refractivity contribution in [3.8, 4) is 17.6 Å². The Balaban J connectivity index is 1.93. The molecule has 0 aliphatic carbocycles. The second-order valence-electron chi connectivity index (χ2n) is 6.97. The molecule has 11 heteroatoms. The standard InChI is InChI=1S/C22H20F3N5O3/c1-14(13-32-3)33-17-11-15(4-5-19-26-8-6-18(27-19)22(23,24)25)10-16(12-17)21(31)28-20-7-9-30(2)29-20/h6-12,14H,13H2,1-3H3,(H,28,29,31)/t14-/m0/s1. The number of rotatable bonds is 6. The largest absolute Gasteiger partial charge is 0.488 e. The lowest BCUT2D eigenvalue weighted by molar-refractivity contribution is -0.141. The maximum Gasteiger partial charge on any atom is 0.433 e. The van der Waals surface area contributed by atoms with Gasteiger partial charge in [-0.15, -0.1) is 0 Å². The van der Waals surface area contributed by atoms with E-state index >= 15 is 0 Å². The Morgan fingerprint density at radius 2 is 2.03 bits per heavy atom. The van der Waals surface area contributed by atoms with Crippen molar-refractivity contribution in [1.29, 1.82) is 0 Å². The van der Waals surface area contributed by atoms with Crippen molar-refractivity contribution in [1.82, 2.24) is 19.7 Å². The third-order valence-electron chi connectivity index (χ3n) is 4.13. The third-order valence-corrected chi connectivity index (χ3v) is 4.13. The highest BCUT2D eigenvalue weighted by Crippen LogP contribution is 2.27. The SMILES string of the molecule is COC[C@H](C)Oc1cc(C#Cc2nccc(C(F)(F)F)n2)cc(C(=O)Nc2ccn(C)n2)c1. The van der Waals surface area contributed by atoms with Gasteiger partial charge < -0.3 is 14.8 Å². The number of nitrogens with one attached hydrogen (secondary N) is 1. The van der Waals surface area contributed by atoms with Crippen LogP contribution in [-0.2, 0) is 18.0 Å². The van der Waals surface area contributed by atoms with Crippen molar-refractivity contribution in [2.24, 2.45) is 7.05 Å². The summed E-state index contributed by atoms with van der Waals surface area (Å²) in [5.41, 5.74) is -0.552. The van der Waals surface area contributed by atoms with Gasteiger partial charge in [0, 0.05) is 43.7 Å². The molecule has 8 nitrogen and oxygen atoms in total. The Hall–Kier alpha value is -3.91. The Labute approximate surface area is 187 Å². The normalized spacial score (nSPS) is 11.9. The quantitative estimate of drug-likeness (QED) is 0.569. The Kier molecular flexibility index (Phi) is 7.30. The van der Waals surface area contributed by atoms with Crippen LogP contribution in [0.5, 0.6) is 5.75 Å². The van der Waals surface area contributed by atoms with Crippen LogP contribution >= 0.6 is 0 Å². The number of anilines is 1. The van der Waals surface area contributed by atoms with Gasteiger partial charge in [0.05, 0.1) is 6.61 Å². The summed E-state index contributed by atoms with van der Waals surface area (Å²) in [4.78, 5) is 19.9. The van der Waals surface area contributed by atoms with Gasteiger partial charge in [0.2, 0.25) is 5.82 Å². The summed E-state index contributed by atoms with van der Waals surface area (Å²) < 4.78 is 51.0. The number of alkyl halides is 3. The molecule has 172 valence electrons. The van der Waals surface area contributed by atoms with Crippen LogP contribution in [0.2, 0.25) is 0 Å². The van der Waals surface area contributed by atoms with Crippen molar-refractivity contribution >= 4 is 11.7 Å². The monoisotopic (exact) mass is 459 g/mol. The van der Waals surface area contributed by atoms with Crippen molar-refractivity contribution in [3.05, 3.63) is 65.4 Å². The summed E-state index contributed by atoms with van der Waals surface area (Å²) in [7, 11) is 3.24. The van der Waals surface area contributed by atoms with Crippen molar-refractivity contribution in [2.75, 3.05) is 19.0 Å². The molecule has 1 N–H and O–H groups in total. The predicted molar refractivity (Wildman–Crippen MR) is 113 cm³/mol. The van der Waals surface area contributed by atoms with E-state index in [2.05, 4.69) is 32.2 Å². The number of hydrogen-bond donors (Lipinski definition) is 1. The fraction of sp³-hybridized carbons (Fsp3) is 0.273. The average molecular weight is 459 g/mol. The molecular weight excluding hydrogens is 439 g/mol. The lowest BCUT2D eigenvalue weighted by Gasteiger charge is -2.15. The number of nitrogens with zero attached hydrogens (tertiary/aromatic N) is 4. The first-order valence-corrected chi connectivity index (χ1v) is 9.68. The Morgan fingerprint density at radius 3 is 2.70 bits per heavy atom. The molecule has 0 saturated carbocycles. The lowest BCUT2D eigenvalue weighted by atomic mass is 10.1. The number of methoxy groups -OCH3 is 1. The van der Waals surface area contributed by atoms with Crippen LogP contribution < -0.4 is 10.1 Å². The van der Waals surface area contributed by atoms with E-state index in [1.165, 1.54) is 23.9 Å². The number of carbonyl (C=O) groups excluding carboxylic acids is 1. The van der Waals surface area contributed by atoms with Crippen molar-refractivity contribution in [2.45, 2.75) is 19.2 Å². The van der Waals surface area contributed by atoms with E-state index in [9.17, 15) is 18.0 Å². The predicted octanol–water partition coefficient (Wildman–Crippen LogP) is 3.29. The molecular formula is C22H20F3N5O3. The van der Waals surface area contributed by atoms with Gasteiger partial charge in [0.1, 0.15) is 17.5 Å². The van der Waals surface area contributed by atoms with Crippen molar-refractivity contribution in [3.63, 3.8) is 0 Å². The summed E-state index contributed by atoms with van der Waals surface area (Å²) in [5, 5.41) is 6.76. The maximum atomic E-state index is 12.9. The molecule has 0 aliphatic heterocycles. The number of benzene rings is 1. The van der Waals surface area contributed by atoms with Gasteiger partial charge in [0.25, 0.3) is 5.91 Å². The minimum Gasteiger partial charge on any atom is -0.488 e. The number of halogens is 3. The van der Waals surface area contributed by atoms with Crippen LogP contribution in [0.4, 0.5) is 19.0 Å². The molecule has 2 aromatic heterocycles. The smallest absolute Gasteiger partial charge is 0.433 e. The number of ether oxygens (including phenoxy) is 2. The first-order valence-electron chi connectivity index (χ1n) is 9.68. The third kappa shape index (κ3) is 6.78. The molecule has 0 radical (unpaired) electrons. The van der Waals surface area contributed by atoms with E-state index < -0.39 is 17.8 Å². The topological polar surface area (TPSA) is 91.2 Å². The zero-order valence-corrected chi connectivity index (χ0v) is 18.0. The molecule has 0 fully saturated rings. The molecule has 33 heavy (non-hydrogen) atoms. The maximum absolute atomic E-state index is 12.9. The molecule has 3 aromatic rings. The highest BCUT2D eigenvalue weighted by molar-refractivity contribution is 6.04. The van der Waals surface area contributed by atoms with E-state index in [1.54, 1.807) is 32.3 Å². The Bertz CT molecular complexity index is 1200. The fourth-order valence-electron chi connectivity index (χ4n) is 2.75. The van der Waals surface area contributed by atoms with Crippen molar-refractivity contribution < 1.29 is 27.4 Å². The van der Waals surface area contributed by atoms with Gasteiger partial charge >= 0.3 is 6.18 Å². The molecule has 1 atom stereocenters. The molecule has 0 bridgehead atoms. The fourth-order valence-corrected chi connectivity index (χ4v) is 2.75. The minimum atomic E-state index is -4.61. The molecule has 1 aromatic carbocycles. The average Bonchev–Trinajstić information content (AvgIpc) is 3.16. The number of amides is 1. The van der Waals surface area contributed by atoms with Crippen LogP contribution in [0.15, 0.2) is 42.7 Å². The zero-order chi connectivity index (χ0) is 24.0. The molecule has 0 spiro atoms. The van der Waals surface area contributed by atoms with E-state index in [4.69, 9.17) is 9.47 Å². The highest BCUT2D eigenvalue weighted by atomic mass is 19.4. The van der Waals surface area contributed by atoms with Crippen LogP contribution in [0.1, 0.15) is 34.4 Å². The van der Waals surface area contributed by atoms with Gasteiger partial charge in [-0.05, 0) is 37.1 Å². The number of aryl methyl sites for hydroxylation is 1. The number of aromatic nitrogens is 4. The first-order chi connectivity index (χ1) is 15.6. The summed E-state index contributed by atoms with van der Waals surface area (Å²) in [6.45, 7) is 2.09. The molecule has 1 amide bonds. The van der Waals surface area contributed by atoms with Crippen LogP contribution in [0.25, 0.3) is 0 Å². The zero-order valence-electron chi connectivity index (χ0n) is 18.0. The van der Waals surface area contributed by atoms with Gasteiger partial charge in [-0.3, -0.25) is 9.48 Å². The molecule has 0 saturated heterocycles. The van der Waals surface area contributed by atoms with E-state index in [-0.39, 0.29) is 17.5 Å². The second-order valence-corrected chi connectivity index (χ2v) is 6.97. The molecule has 0 unspecified atom stereocenters. The Morgan fingerprint density at radius 1 is 1.24 bits per heavy atom. The molecule has 2 heterocycles. The summed E-state index contributed by atoms with van der Waals surface area (Å²) in [6, 6.07) is 6.95. The molecule has 0 aliphatic rings. The first kappa shape index (κ1) is 23.7. The summed E-state index contributed by atoms with van der Waals surface area (Å²) >= 11 is 0. The van der Waals surface area contributed by atoms with Gasteiger partial charge in [-0.1, -0.05) is 5.92 Å². The minimum absolute atomic E-state index is 0.219. The van der Waals surface area contributed by atoms with Gasteiger partial charge in [-0.2, -0.15) is 18.3 Å². The molecule has 3 rings (SSSR count). The van der Waals surface area contributed by atoms with Gasteiger partial charge in [0.15, 0.2) is 5.82 Å². The van der Waals surface area contributed by atoms with Crippen LogP contribution in [0.3, 0.4) is 0 Å². The number of hydrogen-bond acceptors (Lipinski definition) is 6. The number of carbonyl (C=O) groups is 1. The lowest BCUT2D eigenvalue weighted by Crippen LogP contribution is -2.19. The van der Waals surface area contributed by atoms with Gasteiger partial charge in [-0.25, -0.2) is 9.97 Å². The summed E-state index contributed by atoms with van der Waals surface area (Å²) in [5.74, 6) is 5.12. The second kappa shape index (κ2) is 10.1. The summed E-state index contributed by atoms with van der Waals surface area (Å²) in [6.07, 6.45) is -2.27. The van der Waals surface area contributed by atoms with E-state index in [0.717, 1.165) is 12.3 Å². The van der Waals surface area contributed by atoms with Crippen LogP contribution in [0, 0.1) is 11.8 Å². The van der Waals surface area contributed by atoms with Crippen LogP contribution in [-0.4, -0.2) is 45.5 Å².